The maximum absolute atomic E-state index is 13.1. The molecule has 29 heavy (non-hydrogen) atoms. The zero-order valence-electron chi connectivity index (χ0n) is 17.4. The number of ether oxygens (including phenoxy) is 1. The molecule has 4 nitrogen and oxygen atoms in total. The van der Waals surface area contributed by atoms with Gasteiger partial charge >= 0.3 is 0 Å². The van der Waals surface area contributed by atoms with Crippen LogP contribution in [-0.4, -0.2) is 43.7 Å². The van der Waals surface area contributed by atoms with Crippen molar-refractivity contribution in [2.75, 3.05) is 32.8 Å². The van der Waals surface area contributed by atoms with Gasteiger partial charge in [-0.3, -0.25) is 9.69 Å². The number of halogens is 1. The molecule has 1 saturated heterocycles. The number of hydrogen-bond donors (Lipinski definition) is 1. The van der Waals surface area contributed by atoms with Crippen molar-refractivity contribution in [3.8, 4) is 0 Å². The van der Waals surface area contributed by atoms with Crippen molar-refractivity contribution in [2.24, 2.45) is 5.92 Å². The van der Waals surface area contributed by atoms with E-state index >= 15 is 0 Å². The van der Waals surface area contributed by atoms with E-state index in [0.717, 1.165) is 38.3 Å². The summed E-state index contributed by atoms with van der Waals surface area (Å²) >= 11 is 0. The topological polar surface area (TPSA) is 41.6 Å². The number of benzene rings is 2. The van der Waals surface area contributed by atoms with Gasteiger partial charge in [0.05, 0.1) is 19.3 Å². The monoisotopic (exact) mass is 398 g/mol. The van der Waals surface area contributed by atoms with E-state index in [1.807, 2.05) is 6.92 Å². The average molecular weight is 399 g/mol. The number of hydrogen-bond acceptors (Lipinski definition) is 3. The molecule has 2 aromatic rings. The third-order valence-electron chi connectivity index (χ3n) is 5.63. The molecular formula is C24H31FN2O2. The lowest BCUT2D eigenvalue weighted by Crippen LogP contribution is -2.44. The molecule has 1 aliphatic rings. The third kappa shape index (κ3) is 6.12. The minimum Gasteiger partial charge on any atom is -0.379 e. The van der Waals surface area contributed by atoms with E-state index in [1.54, 1.807) is 12.1 Å². The number of carbonyl (C=O) groups excluding carboxylic acids is 1. The van der Waals surface area contributed by atoms with Crippen molar-refractivity contribution in [3.05, 3.63) is 71.0 Å². The molecule has 156 valence electrons. The van der Waals surface area contributed by atoms with Crippen LogP contribution >= 0.6 is 0 Å². The van der Waals surface area contributed by atoms with Crippen LogP contribution in [0.3, 0.4) is 0 Å². The first-order chi connectivity index (χ1) is 14.1. The van der Waals surface area contributed by atoms with Crippen molar-refractivity contribution in [1.82, 2.24) is 10.2 Å². The van der Waals surface area contributed by atoms with Crippen LogP contribution in [-0.2, 0) is 22.4 Å². The van der Waals surface area contributed by atoms with Gasteiger partial charge in [0.25, 0.3) is 0 Å². The molecule has 0 saturated carbocycles. The van der Waals surface area contributed by atoms with Crippen LogP contribution in [0.4, 0.5) is 4.39 Å². The first kappa shape index (κ1) is 21.5. The molecule has 1 heterocycles. The van der Waals surface area contributed by atoms with E-state index in [4.69, 9.17) is 4.74 Å². The molecule has 2 unspecified atom stereocenters. The van der Waals surface area contributed by atoms with Crippen molar-refractivity contribution >= 4 is 5.91 Å². The van der Waals surface area contributed by atoms with Gasteiger partial charge in [-0.05, 0) is 41.7 Å². The predicted molar refractivity (Wildman–Crippen MR) is 113 cm³/mol. The average Bonchev–Trinajstić information content (AvgIpc) is 2.76. The van der Waals surface area contributed by atoms with E-state index in [2.05, 4.69) is 41.4 Å². The molecule has 0 aromatic heterocycles. The molecule has 3 rings (SSSR count). The molecule has 1 amide bonds. The van der Waals surface area contributed by atoms with Gasteiger partial charge in [-0.15, -0.1) is 0 Å². The number of carbonyl (C=O) groups is 1. The van der Waals surface area contributed by atoms with Gasteiger partial charge in [0.1, 0.15) is 5.82 Å². The summed E-state index contributed by atoms with van der Waals surface area (Å²) in [6.45, 7) is 7.80. The van der Waals surface area contributed by atoms with Crippen LogP contribution in [0.2, 0.25) is 0 Å². The van der Waals surface area contributed by atoms with Crippen molar-refractivity contribution in [1.29, 1.82) is 0 Å². The Morgan fingerprint density at radius 3 is 2.31 bits per heavy atom. The molecule has 2 aromatic carbocycles. The fourth-order valence-electron chi connectivity index (χ4n) is 3.76. The van der Waals surface area contributed by atoms with Crippen LogP contribution < -0.4 is 5.32 Å². The van der Waals surface area contributed by atoms with Crippen molar-refractivity contribution in [2.45, 2.75) is 32.7 Å². The summed E-state index contributed by atoms with van der Waals surface area (Å²) in [4.78, 5) is 15.1. The highest BCUT2D eigenvalue weighted by Gasteiger charge is 2.24. The second-order valence-corrected chi connectivity index (χ2v) is 7.74. The lowest BCUT2D eigenvalue weighted by Gasteiger charge is -2.35. The SMILES string of the molecule is CCc1ccc(C(CNC(=O)C(C)Cc2ccc(F)cc2)N2CCOCC2)cc1. The highest BCUT2D eigenvalue weighted by atomic mass is 19.1. The summed E-state index contributed by atoms with van der Waals surface area (Å²) in [5.74, 6) is -0.403. The summed E-state index contributed by atoms with van der Waals surface area (Å²) in [6.07, 6.45) is 1.61. The van der Waals surface area contributed by atoms with Crippen LogP contribution in [0.25, 0.3) is 0 Å². The van der Waals surface area contributed by atoms with Crippen LogP contribution in [0, 0.1) is 11.7 Å². The fourth-order valence-corrected chi connectivity index (χ4v) is 3.76. The Bertz CT molecular complexity index is 770. The van der Waals surface area contributed by atoms with Crippen molar-refractivity contribution in [3.63, 3.8) is 0 Å². The van der Waals surface area contributed by atoms with Gasteiger partial charge < -0.3 is 10.1 Å². The Kier molecular flexibility index (Phi) is 7.78. The van der Waals surface area contributed by atoms with E-state index in [1.165, 1.54) is 23.3 Å². The Balaban J connectivity index is 1.63. The van der Waals surface area contributed by atoms with Gasteiger partial charge in [0, 0.05) is 25.6 Å². The van der Waals surface area contributed by atoms with E-state index in [-0.39, 0.29) is 23.7 Å². The lowest BCUT2D eigenvalue weighted by molar-refractivity contribution is -0.124. The molecule has 1 N–H and O–H groups in total. The summed E-state index contributed by atoms with van der Waals surface area (Å²) < 4.78 is 18.6. The van der Waals surface area contributed by atoms with Gasteiger partial charge in [0.2, 0.25) is 5.91 Å². The maximum atomic E-state index is 13.1. The largest absolute Gasteiger partial charge is 0.379 e. The first-order valence-electron chi connectivity index (χ1n) is 10.5. The molecule has 1 aliphatic heterocycles. The highest BCUT2D eigenvalue weighted by molar-refractivity contribution is 5.78. The Morgan fingerprint density at radius 2 is 1.69 bits per heavy atom. The normalized spacial score (nSPS) is 16.9. The van der Waals surface area contributed by atoms with Gasteiger partial charge in [-0.25, -0.2) is 4.39 Å². The fraction of sp³-hybridized carbons (Fsp3) is 0.458. The summed E-state index contributed by atoms with van der Waals surface area (Å²) in [5, 5.41) is 3.14. The van der Waals surface area contributed by atoms with Crippen LogP contribution in [0.5, 0.6) is 0 Å². The van der Waals surface area contributed by atoms with Gasteiger partial charge in [0.15, 0.2) is 0 Å². The number of nitrogens with one attached hydrogen (secondary N) is 1. The lowest BCUT2D eigenvalue weighted by atomic mass is 9.99. The maximum Gasteiger partial charge on any atom is 0.223 e. The smallest absolute Gasteiger partial charge is 0.223 e. The summed E-state index contributed by atoms with van der Waals surface area (Å²) in [6, 6.07) is 15.2. The highest BCUT2D eigenvalue weighted by Crippen LogP contribution is 2.22. The number of morpholine rings is 1. The van der Waals surface area contributed by atoms with Crippen LogP contribution in [0.1, 0.15) is 36.6 Å². The van der Waals surface area contributed by atoms with Crippen LogP contribution in [0.15, 0.2) is 48.5 Å². The molecule has 0 spiro atoms. The first-order valence-corrected chi connectivity index (χ1v) is 10.5. The van der Waals surface area contributed by atoms with Gasteiger partial charge in [-0.2, -0.15) is 0 Å². The summed E-state index contributed by atoms with van der Waals surface area (Å²) in [7, 11) is 0. The van der Waals surface area contributed by atoms with Crippen molar-refractivity contribution < 1.29 is 13.9 Å². The second kappa shape index (κ2) is 10.5. The molecular weight excluding hydrogens is 367 g/mol. The Hall–Kier alpha value is -2.24. The molecule has 0 aliphatic carbocycles. The summed E-state index contributed by atoms with van der Waals surface area (Å²) in [5.41, 5.74) is 3.50. The Labute approximate surface area is 173 Å². The van der Waals surface area contributed by atoms with E-state index < -0.39 is 0 Å². The quantitative estimate of drug-likeness (QED) is 0.736. The number of aryl methyl sites for hydroxylation is 1. The number of rotatable bonds is 8. The van der Waals surface area contributed by atoms with E-state index in [0.29, 0.717) is 13.0 Å². The zero-order chi connectivity index (χ0) is 20.6. The molecule has 5 heteroatoms. The zero-order valence-corrected chi connectivity index (χ0v) is 17.4. The molecule has 0 bridgehead atoms. The molecule has 0 radical (unpaired) electrons. The van der Waals surface area contributed by atoms with Gasteiger partial charge in [-0.1, -0.05) is 50.2 Å². The van der Waals surface area contributed by atoms with E-state index in [9.17, 15) is 9.18 Å². The molecule has 2 atom stereocenters. The number of amides is 1. The predicted octanol–water partition coefficient (Wildman–Crippen LogP) is 3.76. The third-order valence-corrected chi connectivity index (χ3v) is 5.63. The molecule has 1 fully saturated rings. The second-order valence-electron chi connectivity index (χ2n) is 7.74. The minimum atomic E-state index is -0.256. The minimum absolute atomic E-state index is 0.0257. The Morgan fingerprint density at radius 1 is 1.07 bits per heavy atom. The number of nitrogens with zero attached hydrogens (tertiary/aromatic N) is 1. The standard InChI is InChI=1S/C24H31FN2O2/c1-3-19-4-8-21(9-5-19)23(27-12-14-29-15-13-27)17-26-24(28)18(2)16-20-6-10-22(25)11-7-20/h4-11,18,23H,3,12-17H2,1-2H3,(H,26,28).